The van der Waals surface area contributed by atoms with Crippen LogP contribution in [0.5, 0.6) is 0 Å². The van der Waals surface area contributed by atoms with E-state index < -0.39 is 10.8 Å². The Morgan fingerprint density at radius 2 is 2.28 bits per heavy atom. The number of nitrogens with one attached hydrogen (secondary N) is 1. The second-order valence-electron chi connectivity index (χ2n) is 4.34. The molecule has 0 aliphatic carbocycles. The van der Waals surface area contributed by atoms with E-state index in [0.717, 1.165) is 33.2 Å². The molecule has 0 saturated heterocycles. The topological polar surface area (TPSA) is 37.8 Å². The second kappa shape index (κ2) is 5.67. The molecule has 0 aliphatic heterocycles. The van der Waals surface area contributed by atoms with Gasteiger partial charge in [-0.1, -0.05) is 22.9 Å². The van der Waals surface area contributed by atoms with Crippen LogP contribution in [-0.4, -0.2) is 25.3 Å². The van der Waals surface area contributed by atoms with Gasteiger partial charge in [0.2, 0.25) is 0 Å². The minimum absolute atomic E-state index is 0.184. The number of benzene rings is 1. The van der Waals surface area contributed by atoms with Gasteiger partial charge in [-0.15, -0.1) is 0 Å². The summed E-state index contributed by atoms with van der Waals surface area (Å²) in [7, 11) is -0.783. The fraction of sp³-hybridized carbons (Fsp3) is 0.417. The van der Waals surface area contributed by atoms with Crippen LogP contribution in [0.15, 0.2) is 22.7 Å². The lowest BCUT2D eigenvalue weighted by Gasteiger charge is -2.09. The molecular weight excluding hydrogens is 332 g/mol. The van der Waals surface area contributed by atoms with Crippen molar-refractivity contribution in [3.8, 4) is 0 Å². The first-order chi connectivity index (χ1) is 8.49. The van der Waals surface area contributed by atoms with E-state index in [2.05, 4.69) is 31.5 Å². The maximum atomic E-state index is 11.4. The number of H-pyrrole nitrogens is 1. The first-order valence-corrected chi connectivity index (χ1v) is 8.51. The zero-order valence-electron chi connectivity index (χ0n) is 10.3. The van der Waals surface area contributed by atoms with Crippen molar-refractivity contribution in [3.05, 3.63) is 27.4 Å². The highest BCUT2D eigenvalue weighted by Gasteiger charge is 2.09. The fourth-order valence-electron chi connectivity index (χ4n) is 1.82. The fourth-order valence-corrected chi connectivity index (χ4v) is 2.91. The third-order valence-electron chi connectivity index (χ3n) is 3.06. The zero-order chi connectivity index (χ0) is 13.3. The Labute approximate surface area is 122 Å². The molecule has 1 aromatic carbocycles. The van der Waals surface area contributed by atoms with Gasteiger partial charge in [-0.3, -0.25) is 4.21 Å². The monoisotopic (exact) mass is 346 g/mol. The normalized spacial score (nSPS) is 14.8. The van der Waals surface area contributed by atoms with Crippen LogP contribution in [0.1, 0.15) is 13.3 Å². The van der Waals surface area contributed by atoms with E-state index in [-0.39, 0.29) is 5.25 Å². The summed E-state index contributed by atoms with van der Waals surface area (Å²) in [5.41, 5.74) is 2.12. The third-order valence-corrected chi connectivity index (χ3v) is 5.25. The van der Waals surface area contributed by atoms with Crippen molar-refractivity contribution in [2.24, 2.45) is 0 Å². The lowest BCUT2D eigenvalue weighted by Crippen LogP contribution is -2.12. The molecule has 0 saturated carbocycles. The van der Waals surface area contributed by atoms with E-state index in [4.69, 9.17) is 12.2 Å². The Morgan fingerprint density at radius 3 is 2.94 bits per heavy atom. The smallest absolute Gasteiger partial charge is 0.178 e. The maximum absolute atomic E-state index is 11.4. The number of hydrogen-bond acceptors (Lipinski definition) is 2. The van der Waals surface area contributed by atoms with Gasteiger partial charge in [-0.05, 0) is 36.8 Å². The molecule has 1 N–H and O–H groups in total. The van der Waals surface area contributed by atoms with Crippen LogP contribution in [0.2, 0.25) is 0 Å². The molecule has 18 heavy (non-hydrogen) atoms. The molecule has 2 aromatic rings. The summed E-state index contributed by atoms with van der Waals surface area (Å²) in [6, 6.07) is 6.05. The van der Waals surface area contributed by atoms with Crippen molar-refractivity contribution in [2.45, 2.75) is 25.1 Å². The Kier molecular flexibility index (Phi) is 4.40. The van der Waals surface area contributed by atoms with Gasteiger partial charge in [-0.25, -0.2) is 0 Å². The number of rotatable bonds is 4. The molecule has 6 heteroatoms. The van der Waals surface area contributed by atoms with Gasteiger partial charge in [0.1, 0.15) is 0 Å². The van der Waals surface area contributed by atoms with Crippen molar-refractivity contribution in [3.63, 3.8) is 0 Å². The van der Waals surface area contributed by atoms with E-state index in [0.29, 0.717) is 0 Å². The first kappa shape index (κ1) is 14.0. The standard InChI is InChI=1S/C12H15BrN2OS2/c1-8(18(2)16)5-6-15-11-7-9(13)3-4-10(11)14-12(15)17/h3-4,7-8H,5-6H2,1-2H3,(H,14,17). The largest absolute Gasteiger partial charge is 0.331 e. The molecular formula is C12H15BrN2OS2. The molecule has 0 fully saturated rings. The Morgan fingerprint density at radius 1 is 1.56 bits per heavy atom. The predicted octanol–water partition coefficient (Wildman–Crippen LogP) is 3.62. The van der Waals surface area contributed by atoms with E-state index in [9.17, 15) is 4.21 Å². The van der Waals surface area contributed by atoms with E-state index in [1.807, 2.05) is 19.1 Å². The van der Waals surface area contributed by atoms with Crippen LogP contribution < -0.4 is 0 Å². The van der Waals surface area contributed by atoms with Crippen molar-refractivity contribution in [1.82, 2.24) is 9.55 Å². The molecule has 2 rings (SSSR count). The van der Waals surface area contributed by atoms with Crippen LogP contribution in [0, 0.1) is 4.77 Å². The third kappa shape index (κ3) is 2.92. The average molecular weight is 347 g/mol. The number of halogens is 1. The van der Waals surface area contributed by atoms with Crippen molar-refractivity contribution in [1.29, 1.82) is 0 Å². The van der Waals surface area contributed by atoms with Crippen molar-refractivity contribution in [2.75, 3.05) is 6.26 Å². The van der Waals surface area contributed by atoms with Crippen LogP contribution in [0.4, 0.5) is 0 Å². The molecule has 2 atom stereocenters. The van der Waals surface area contributed by atoms with Gasteiger partial charge in [0.15, 0.2) is 4.77 Å². The van der Waals surface area contributed by atoms with Gasteiger partial charge in [0, 0.05) is 33.3 Å². The number of aromatic amines is 1. The van der Waals surface area contributed by atoms with E-state index >= 15 is 0 Å². The van der Waals surface area contributed by atoms with Crippen molar-refractivity contribution >= 4 is 50.0 Å². The first-order valence-electron chi connectivity index (χ1n) is 5.69. The van der Waals surface area contributed by atoms with Gasteiger partial charge in [-0.2, -0.15) is 0 Å². The summed E-state index contributed by atoms with van der Waals surface area (Å²) in [5, 5.41) is 0.184. The molecule has 98 valence electrons. The number of imidazole rings is 1. The molecule has 1 heterocycles. The lowest BCUT2D eigenvalue weighted by atomic mass is 10.3. The summed E-state index contributed by atoms with van der Waals surface area (Å²) in [6.07, 6.45) is 2.60. The van der Waals surface area contributed by atoms with Gasteiger partial charge in [0.25, 0.3) is 0 Å². The minimum atomic E-state index is -0.783. The van der Waals surface area contributed by atoms with E-state index in [1.165, 1.54) is 0 Å². The van der Waals surface area contributed by atoms with E-state index in [1.54, 1.807) is 6.26 Å². The SMILES string of the molecule is CC(CCn1c(=S)[nH]c2ccc(Br)cc21)S(C)=O. The number of aromatic nitrogens is 2. The Bertz CT molecular complexity index is 647. The molecule has 0 radical (unpaired) electrons. The molecule has 3 nitrogen and oxygen atoms in total. The van der Waals surface area contributed by atoms with Crippen molar-refractivity contribution < 1.29 is 4.21 Å². The van der Waals surface area contributed by atoms with Crippen LogP contribution in [0.3, 0.4) is 0 Å². The number of nitrogens with zero attached hydrogens (tertiary/aromatic N) is 1. The quantitative estimate of drug-likeness (QED) is 0.858. The van der Waals surface area contributed by atoms with Gasteiger partial charge >= 0.3 is 0 Å². The summed E-state index contributed by atoms with van der Waals surface area (Å²) >= 11 is 8.80. The molecule has 0 spiro atoms. The second-order valence-corrected chi connectivity index (χ2v) is 7.45. The highest BCUT2D eigenvalue weighted by atomic mass is 79.9. The van der Waals surface area contributed by atoms with Gasteiger partial charge in [0.05, 0.1) is 11.0 Å². The lowest BCUT2D eigenvalue weighted by molar-refractivity contribution is 0.624. The summed E-state index contributed by atoms with van der Waals surface area (Å²) < 4.78 is 15.2. The molecule has 1 aromatic heterocycles. The van der Waals surface area contributed by atoms with Gasteiger partial charge < -0.3 is 9.55 Å². The molecule has 0 amide bonds. The number of fused-ring (bicyclic) bond motifs is 1. The minimum Gasteiger partial charge on any atom is -0.331 e. The summed E-state index contributed by atoms with van der Waals surface area (Å²) in [6.45, 7) is 2.79. The molecule has 0 aliphatic rings. The van der Waals surface area contributed by atoms with Crippen LogP contribution in [0.25, 0.3) is 11.0 Å². The summed E-state index contributed by atoms with van der Waals surface area (Å²) in [5.74, 6) is 0. The molecule has 2 unspecified atom stereocenters. The summed E-state index contributed by atoms with van der Waals surface area (Å²) in [4.78, 5) is 3.19. The average Bonchev–Trinajstić information content (AvgIpc) is 2.61. The predicted molar refractivity (Wildman–Crippen MR) is 83.0 cm³/mol. The Balaban J connectivity index is 2.32. The van der Waals surface area contributed by atoms with Crippen LogP contribution >= 0.6 is 28.1 Å². The molecule has 0 bridgehead atoms. The maximum Gasteiger partial charge on any atom is 0.178 e. The number of aryl methyl sites for hydroxylation is 1. The highest BCUT2D eigenvalue weighted by molar-refractivity contribution is 9.10. The highest BCUT2D eigenvalue weighted by Crippen LogP contribution is 2.20. The number of hydrogen-bond donors (Lipinski definition) is 1. The van der Waals surface area contributed by atoms with Crippen LogP contribution in [-0.2, 0) is 17.3 Å². The Hall–Kier alpha value is -0.460. The zero-order valence-corrected chi connectivity index (χ0v) is 13.5.